The van der Waals surface area contributed by atoms with E-state index in [-0.39, 0.29) is 11.3 Å². The fourth-order valence-corrected chi connectivity index (χ4v) is 3.28. The van der Waals surface area contributed by atoms with Crippen LogP contribution in [0, 0.1) is 13.8 Å². The van der Waals surface area contributed by atoms with Gasteiger partial charge in [-0.3, -0.25) is 10.1 Å². The lowest BCUT2D eigenvalue weighted by Gasteiger charge is -2.14. The number of carbonyl (C=O) groups is 1. The average Bonchev–Trinajstić information content (AvgIpc) is 3.13. The number of nitrogens with one attached hydrogen (secondary N) is 1. The standard InChI is InChI=1S/C18H21N5OS/c1-11-8-12(2)23(22-11)15-7-6-13(9-19-15)16(24)21-17-20-14(10-25-17)18(3,4)5/h6-10H,1-5H3,(H,20,21,24). The number of thiazole rings is 1. The van der Waals surface area contributed by atoms with Crippen molar-refractivity contribution in [1.82, 2.24) is 19.7 Å². The predicted octanol–water partition coefficient (Wildman–Crippen LogP) is 3.89. The molecule has 0 bridgehead atoms. The first-order valence-electron chi connectivity index (χ1n) is 8.01. The number of hydrogen-bond donors (Lipinski definition) is 1. The average molecular weight is 355 g/mol. The quantitative estimate of drug-likeness (QED) is 0.773. The van der Waals surface area contributed by atoms with Crippen LogP contribution < -0.4 is 5.32 Å². The molecule has 1 amide bonds. The second kappa shape index (κ2) is 6.40. The van der Waals surface area contributed by atoms with Gasteiger partial charge in [0.25, 0.3) is 5.91 Å². The Labute approximate surface area is 150 Å². The van der Waals surface area contributed by atoms with E-state index < -0.39 is 0 Å². The van der Waals surface area contributed by atoms with E-state index in [1.165, 1.54) is 11.3 Å². The Hall–Kier alpha value is -2.54. The summed E-state index contributed by atoms with van der Waals surface area (Å²) in [6.07, 6.45) is 1.55. The number of pyridine rings is 1. The minimum atomic E-state index is -0.220. The third-order valence-electron chi connectivity index (χ3n) is 3.73. The summed E-state index contributed by atoms with van der Waals surface area (Å²) >= 11 is 1.43. The second-order valence-electron chi connectivity index (χ2n) is 6.99. The molecule has 0 aliphatic heterocycles. The Morgan fingerprint density at radius 1 is 1.24 bits per heavy atom. The molecule has 0 spiro atoms. The zero-order chi connectivity index (χ0) is 18.2. The third kappa shape index (κ3) is 3.76. The van der Waals surface area contributed by atoms with Crippen LogP contribution in [0.5, 0.6) is 0 Å². The van der Waals surface area contributed by atoms with Crippen LogP contribution in [0.15, 0.2) is 29.8 Å². The molecular formula is C18H21N5OS. The molecule has 0 atom stereocenters. The lowest BCUT2D eigenvalue weighted by Crippen LogP contribution is -2.14. The minimum absolute atomic E-state index is 0.0392. The van der Waals surface area contributed by atoms with Gasteiger partial charge in [-0.1, -0.05) is 20.8 Å². The summed E-state index contributed by atoms with van der Waals surface area (Å²) in [6, 6.07) is 5.51. The van der Waals surface area contributed by atoms with Crippen LogP contribution in [-0.2, 0) is 5.41 Å². The number of aromatic nitrogens is 4. The highest BCUT2D eigenvalue weighted by Gasteiger charge is 2.18. The maximum atomic E-state index is 12.4. The van der Waals surface area contributed by atoms with Gasteiger partial charge in [0, 0.05) is 22.7 Å². The molecule has 0 aromatic carbocycles. The van der Waals surface area contributed by atoms with Gasteiger partial charge >= 0.3 is 0 Å². The third-order valence-corrected chi connectivity index (χ3v) is 4.49. The normalized spacial score (nSPS) is 11.6. The number of hydrogen-bond acceptors (Lipinski definition) is 5. The Morgan fingerprint density at radius 3 is 2.52 bits per heavy atom. The topological polar surface area (TPSA) is 72.7 Å². The molecule has 3 rings (SSSR count). The number of nitrogens with zero attached hydrogens (tertiary/aromatic N) is 4. The Kier molecular flexibility index (Phi) is 4.43. The van der Waals surface area contributed by atoms with Crippen molar-refractivity contribution in [3.8, 4) is 5.82 Å². The van der Waals surface area contributed by atoms with E-state index in [4.69, 9.17) is 0 Å². The lowest BCUT2D eigenvalue weighted by atomic mass is 9.93. The molecule has 3 heterocycles. The molecule has 1 N–H and O–H groups in total. The van der Waals surface area contributed by atoms with Crippen molar-refractivity contribution in [2.75, 3.05) is 5.32 Å². The molecule has 0 radical (unpaired) electrons. The molecule has 0 aliphatic carbocycles. The summed E-state index contributed by atoms with van der Waals surface area (Å²) in [7, 11) is 0. The van der Waals surface area contributed by atoms with E-state index in [1.807, 2.05) is 25.3 Å². The number of aryl methyl sites for hydroxylation is 2. The molecule has 0 saturated heterocycles. The minimum Gasteiger partial charge on any atom is -0.298 e. The number of rotatable bonds is 3. The van der Waals surface area contributed by atoms with Gasteiger partial charge in [0.15, 0.2) is 10.9 Å². The van der Waals surface area contributed by atoms with Gasteiger partial charge in [0.05, 0.1) is 17.0 Å². The molecule has 25 heavy (non-hydrogen) atoms. The SMILES string of the molecule is Cc1cc(C)n(-c2ccc(C(=O)Nc3nc(C(C)(C)C)cs3)cn2)n1. The van der Waals surface area contributed by atoms with Gasteiger partial charge in [-0.25, -0.2) is 14.6 Å². The highest BCUT2D eigenvalue weighted by atomic mass is 32.1. The largest absolute Gasteiger partial charge is 0.298 e. The summed E-state index contributed by atoms with van der Waals surface area (Å²) in [6.45, 7) is 10.2. The first kappa shape index (κ1) is 17.3. The van der Waals surface area contributed by atoms with Gasteiger partial charge in [0.1, 0.15) is 0 Å². The highest BCUT2D eigenvalue weighted by Crippen LogP contribution is 2.26. The van der Waals surface area contributed by atoms with Crippen molar-refractivity contribution in [3.05, 3.63) is 52.4 Å². The zero-order valence-corrected chi connectivity index (χ0v) is 15.8. The molecule has 130 valence electrons. The van der Waals surface area contributed by atoms with Crippen molar-refractivity contribution >= 4 is 22.4 Å². The highest BCUT2D eigenvalue weighted by molar-refractivity contribution is 7.14. The summed E-state index contributed by atoms with van der Waals surface area (Å²) in [5, 5.41) is 9.79. The molecule has 0 unspecified atom stereocenters. The van der Waals surface area contributed by atoms with Crippen LogP contribution in [0.3, 0.4) is 0 Å². The number of carbonyl (C=O) groups excluding carboxylic acids is 1. The Balaban J connectivity index is 1.75. The van der Waals surface area contributed by atoms with Crippen molar-refractivity contribution in [2.45, 2.75) is 40.0 Å². The molecular weight excluding hydrogens is 334 g/mol. The predicted molar refractivity (Wildman–Crippen MR) is 99.6 cm³/mol. The Bertz CT molecular complexity index is 902. The van der Waals surface area contributed by atoms with Crippen LogP contribution in [0.4, 0.5) is 5.13 Å². The van der Waals surface area contributed by atoms with E-state index in [1.54, 1.807) is 23.0 Å². The zero-order valence-electron chi connectivity index (χ0n) is 15.0. The van der Waals surface area contributed by atoms with Gasteiger partial charge in [-0.15, -0.1) is 11.3 Å². The number of anilines is 1. The molecule has 0 fully saturated rings. The first-order valence-corrected chi connectivity index (χ1v) is 8.89. The van der Waals surface area contributed by atoms with Crippen LogP contribution in [0.2, 0.25) is 0 Å². The van der Waals surface area contributed by atoms with E-state index in [0.717, 1.165) is 17.1 Å². The summed E-state index contributed by atoms with van der Waals surface area (Å²) in [4.78, 5) is 21.2. The summed E-state index contributed by atoms with van der Waals surface area (Å²) in [5.74, 6) is 0.466. The molecule has 6 nitrogen and oxygen atoms in total. The first-order chi connectivity index (χ1) is 11.7. The summed E-state index contributed by atoms with van der Waals surface area (Å²) in [5.41, 5.74) is 3.34. The van der Waals surface area contributed by atoms with Crippen LogP contribution in [0.1, 0.15) is 48.2 Å². The van der Waals surface area contributed by atoms with E-state index >= 15 is 0 Å². The van der Waals surface area contributed by atoms with E-state index in [9.17, 15) is 4.79 Å². The fraction of sp³-hybridized carbons (Fsp3) is 0.333. The van der Waals surface area contributed by atoms with Crippen molar-refractivity contribution in [3.63, 3.8) is 0 Å². The van der Waals surface area contributed by atoms with Gasteiger partial charge in [-0.2, -0.15) is 5.10 Å². The van der Waals surface area contributed by atoms with Crippen LogP contribution in [0.25, 0.3) is 5.82 Å². The van der Waals surface area contributed by atoms with E-state index in [0.29, 0.717) is 16.5 Å². The molecule has 3 aromatic heterocycles. The van der Waals surface area contributed by atoms with Crippen LogP contribution in [-0.4, -0.2) is 25.7 Å². The maximum absolute atomic E-state index is 12.4. The molecule has 0 saturated carbocycles. The van der Waals surface area contributed by atoms with Gasteiger partial charge in [0.2, 0.25) is 0 Å². The van der Waals surface area contributed by atoms with Crippen molar-refractivity contribution in [2.24, 2.45) is 0 Å². The van der Waals surface area contributed by atoms with Crippen LogP contribution >= 0.6 is 11.3 Å². The smallest absolute Gasteiger partial charge is 0.259 e. The monoisotopic (exact) mass is 355 g/mol. The maximum Gasteiger partial charge on any atom is 0.259 e. The van der Waals surface area contributed by atoms with E-state index in [2.05, 4.69) is 41.2 Å². The molecule has 3 aromatic rings. The van der Waals surface area contributed by atoms with Crippen molar-refractivity contribution in [1.29, 1.82) is 0 Å². The summed E-state index contributed by atoms with van der Waals surface area (Å²) < 4.78 is 1.76. The molecule has 7 heteroatoms. The second-order valence-corrected chi connectivity index (χ2v) is 7.84. The lowest BCUT2D eigenvalue weighted by molar-refractivity contribution is 0.102. The Morgan fingerprint density at radius 2 is 2.00 bits per heavy atom. The fourth-order valence-electron chi connectivity index (χ4n) is 2.35. The van der Waals surface area contributed by atoms with Crippen molar-refractivity contribution < 1.29 is 4.79 Å². The number of amides is 1. The molecule has 0 aliphatic rings. The van der Waals surface area contributed by atoms with Gasteiger partial charge < -0.3 is 0 Å². The van der Waals surface area contributed by atoms with Gasteiger partial charge in [-0.05, 0) is 32.0 Å².